The molecule has 1 aliphatic rings. The lowest BCUT2D eigenvalue weighted by atomic mass is 10.1. The number of nitrogens with zero attached hydrogens (tertiary/aromatic N) is 1. The minimum Gasteiger partial charge on any atom is -0.279 e. The number of hydrogen-bond donors (Lipinski definition) is 1. The summed E-state index contributed by atoms with van der Waals surface area (Å²) >= 11 is 0. The fourth-order valence-electron chi connectivity index (χ4n) is 0.626. The molecule has 0 saturated carbocycles. The van der Waals surface area contributed by atoms with Crippen LogP contribution in [-0.4, -0.2) is 6.21 Å². The van der Waals surface area contributed by atoms with Crippen molar-refractivity contribution in [3.63, 3.8) is 0 Å². The van der Waals surface area contributed by atoms with Crippen LogP contribution in [0.15, 0.2) is 28.5 Å². The molecule has 1 heterocycles. The molecule has 0 saturated heterocycles. The summed E-state index contributed by atoms with van der Waals surface area (Å²) in [6.45, 7) is 11.8. The number of rotatable bonds is 0. The lowest BCUT2D eigenvalue weighted by Crippen LogP contribution is -2.11. The van der Waals surface area contributed by atoms with E-state index in [4.69, 9.17) is 0 Å². The third-order valence-corrected chi connectivity index (χ3v) is 1.50. The van der Waals surface area contributed by atoms with Gasteiger partial charge < -0.3 is 0 Å². The van der Waals surface area contributed by atoms with Crippen LogP contribution in [0.4, 0.5) is 0 Å². The van der Waals surface area contributed by atoms with Crippen molar-refractivity contribution in [1.82, 2.24) is 5.43 Å². The van der Waals surface area contributed by atoms with Gasteiger partial charge in [-0.3, -0.25) is 5.43 Å². The number of nitrogens with one attached hydrogen (secondary N) is 1. The van der Waals surface area contributed by atoms with Gasteiger partial charge in [0.15, 0.2) is 0 Å². The van der Waals surface area contributed by atoms with Crippen LogP contribution in [-0.2, 0) is 0 Å². The smallest absolute Gasteiger partial charge is 0.0522 e. The Morgan fingerprint density at radius 2 is 1.91 bits per heavy atom. The summed E-state index contributed by atoms with van der Waals surface area (Å²) in [6.07, 6.45) is 1.80. The highest BCUT2D eigenvalue weighted by Gasteiger charge is 2.01. The molecule has 0 unspecified atom stereocenters. The van der Waals surface area contributed by atoms with Gasteiger partial charge in [-0.05, 0) is 25.0 Å². The van der Waals surface area contributed by atoms with E-state index in [9.17, 15) is 0 Å². The Hall–Kier alpha value is -1.05. The Morgan fingerprint density at radius 1 is 1.36 bits per heavy atom. The second kappa shape index (κ2) is 4.72. The Balaban J connectivity index is 0.000000461. The van der Waals surface area contributed by atoms with Crippen LogP contribution >= 0.6 is 0 Å². The molecule has 0 amide bonds. The second-order valence-electron chi connectivity index (χ2n) is 2.16. The number of hydrazone groups is 1. The number of allylic oxidation sites excluding steroid dienone is 2. The molecule has 0 bridgehead atoms. The minimum absolute atomic E-state index is 0.898. The Kier molecular flexibility index (Phi) is 4.27. The molecule has 0 atom stereocenters. The zero-order valence-corrected chi connectivity index (χ0v) is 7.73. The summed E-state index contributed by atoms with van der Waals surface area (Å²) in [7, 11) is 0. The van der Waals surface area contributed by atoms with Crippen LogP contribution in [0, 0.1) is 0 Å². The average molecular weight is 152 g/mol. The summed E-state index contributed by atoms with van der Waals surface area (Å²) in [5, 5.41) is 3.86. The molecular formula is C9H16N2. The lowest BCUT2D eigenvalue weighted by molar-refractivity contribution is 0.888. The first-order valence-corrected chi connectivity index (χ1v) is 3.87. The largest absolute Gasteiger partial charge is 0.279 e. The maximum Gasteiger partial charge on any atom is 0.0522 e. The highest BCUT2D eigenvalue weighted by atomic mass is 15.3. The van der Waals surface area contributed by atoms with E-state index < -0.39 is 0 Å². The van der Waals surface area contributed by atoms with Crippen molar-refractivity contribution in [1.29, 1.82) is 0 Å². The van der Waals surface area contributed by atoms with Gasteiger partial charge in [0.1, 0.15) is 0 Å². The van der Waals surface area contributed by atoms with Crippen molar-refractivity contribution in [3.8, 4) is 0 Å². The molecule has 1 N–H and O–H groups in total. The quantitative estimate of drug-likeness (QED) is 0.566. The van der Waals surface area contributed by atoms with E-state index >= 15 is 0 Å². The first kappa shape index (κ1) is 9.95. The van der Waals surface area contributed by atoms with Crippen molar-refractivity contribution < 1.29 is 0 Å². The first-order chi connectivity index (χ1) is 5.22. The van der Waals surface area contributed by atoms with Gasteiger partial charge in [0.2, 0.25) is 0 Å². The standard InChI is InChI=1S/C7H10N2.C2H6/c1-5-4-8-9-7(3)6(5)2;1-2/h4,9H,3H2,1-2H3;1-2H3. The predicted molar refractivity (Wildman–Crippen MR) is 50.5 cm³/mol. The zero-order valence-electron chi connectivity index (χ0n) is 7.73. The van der Waals surface area contributed by atoms with Gasteiger partial charge >= 0.3 is 0 Å². The summed E-state index contributed by atoms with van der Waals surface area (Å²) in [4.78, 5) is 0. The molecular weight excluding hydrogens is 136 g/mol. The zero-order chi connectivity index (χ0) is 8.85. The fraction of sp³-hybridized carbons (Fsp3) is 0.444. The first-order valence-electron chi connectivity index (χ1n) is 3.87. The Morgan fingerprint density at radius 3 is 2.27 bits per heavy atom. The molecule has 0 aromatic carbocycles. The van der Waals surface area contributed by atoms with Crippen molar-refractivity contribution in [2.75, 3.05) is 0 Å². The Labute approximate surface area is 68.7 Å². The van der Waals surface area contributed by atoms with E-state index in [-0.39, 0.29) is 0 Å². The van der Waals surface area contributed by atoms with E-state index in [1.807, 2.05) is 27.7 Å². The van der Waals surface area contributed by atoms with Crippen LogP contribution in [0.2, 0.25) is 0 Å². The minimum atomic E-state index is 0.898. The molecule has 0 aromatic rings. The van der Waals surface area contributed by atoms with Crippen molar-refractivity contribution in [2.45, 2.75) is 27.7 Å². The van der Waals surface area contributed by atoms with E-state index in [2.05, 4.69) is 17.1 Å². The van der Waals surface area contributed by atoms with Crippen LogP contribution in [0.3, 0.4) is 0 Å². The van der Waals surface area contributed by atoms with Crippen molar-refractivity contribution in [3.05, 3.63) is 23.4 Å². The molecule has 0 aromatic heterocycles. The lowest BCUT2D eigenvalue weighted by Gasteiger charge is -2.11. The van der Waals surface area contributed by atoms with E-state index in [1.54, 1.807) is 6.21 Å². The topological polar surface area (TPSA) is 24.4 Å². The summed E-state index contributed by atoms with van der Waals surface area (Å²) in [6, 6.07) is 0. The molecule has 1 rings (SSSR count). The predicted octanol–water partition coefficient (Wildman–Crippen LogP) is 2.45. The molecule has 1 aliphatic heterocycles. The van der Waals surface area contributed by atoms with Gasteiger partial charge in [0.05, 0.1) is 11.9 Å². The third-order valence-electron chi connectivity index (χ3n) is 1.50. The van der Waals surface area contributed by atoms with Gasteiger partial charge in [-0.1, -0.05) is 20.4 Å². The van der Waals surface area contributed by atoms with Gasteiger partial charge in [0, 0.05) is 0 Å². The highest BCUT2D eigenvalue weighted by molar-refractivity contribution is 5.81. The number of hydrogen-bond acceptors (Lipinski definition) is 2. The maximum absolute atomic E-state index is 3.86. The molecule has 2 nitrogen and oxygen atoms in total. The van der Waals surface area contributed by atoms with Crippen molar-refractivity contribution in [2.24, 2.45) is 5.10 Å². The summed E-state index contributed by atoms with van der Waals surface area (Å²) in [5.41, 5.74) is 6.04. The molecule has 2 heteroatoms. The molecule has 0 fully saturated rings. The van der Waals surface area contributed by atoms with Crippen LogP contribution < -0.4 is 5.43 Å². The molecule has 0 radical (unpaired) electrons. The van der Waals surface area contributed by atoms with Gasteiger partial charge in [0.25, 0.3) is 0 Å². The molecule has 11 heavy (non-hydrogen) atoms. The average Bonchev–Trinajstić information content (AvgIpc) is 2.04. The normalized spacial score (nSPS) is 15.5. The maximum atomic E-state index is 3.86. The van der Waals surface area contributed by atoms with E-state index in [0.29, 0.717) is 0 Å². The molecule has 0 aliphatic carbocycles. The monoisotopic (exact) mass is 152 g/mol. The van der Waals surface area contributed by atoms with Gasteiger partial charge in [-0.2, -0.15) is 5.10 Å². The summed E-state index contributed by atoms with van der Waals surface area (Å²) in [5.74, 6) is 0. The Bertz CT molecular complexity index is 200. The van der Waals surface area contributed by atoms with Crippen LogP contribution in [0.1, 0.15) is 27.7 Å². The van der Waals surface area contributed by atoms with Crippen molar-refractivity contribution >= 4 is 6.21 Å². The van der Waals surface area contributed by atoms with E-state index in [1.165, 1.54) is 11.1 Å². The van der Waals surface area contributed by atoms with Crippen LogP contribution in [0.25, 0.3) is 0 Å². The SMILES string of the molecule is C=C1NN=CC(C)=C1C.CC. The molecule has 0 spiro atoms. The van der Waals surface area contributed by atoms with Crippen LogP contribution in [0.5, 0.6) is 0 Å². The van der Waals surface area contributed by atoms with Gasteiger partial charge in [-0.25, -0.2) is 0 Å². The highest BCUT2D eigenvalue weighted by Crippen LogP contribution is 2.11. The summed E-state index contributed by atoms with van der Waals surface area (Å²) < 4.78 is 0. The molecule has 62 valence electrons. The fourth-order valence-corrected chi connectivity index (χ4v) is 0.626. The van der Waals surface area contributed by atoms with E-state index in [0.717, 1.165) is 5.70 Å². The second-order valence-corrected chi connectivity index (χ2v) is 2.16. The third kappa shape index (κ3) is 2.58. The van der Waals surface area contributed by atoms with Gasteiger partial charge in [-0.15, -0.1) is 0 Å².